The van der Waals surface area contributed by atoms with Crippen LogP contribution in [0, 0.1) is 13.8 Å². The van der Waals surface area contributed by atoms with Crippen molar-refractivity contribution in [3.63, 3.8) is 0 Å². The summed E-state index contributed by atoms with van der Waals surface area (Å²) >= 11 is 1.68. The molecule has 0 aliphatic heterocycles. The Morgan fingerprint density at radius 1 is 1.41 bits per heavy atom. The lowest BCUT2D eigenvalue weighted by molar-refractivity contribution is 0.304. The van der Waals surface area contributed by atoms with Crippen molar-refractivity contribution in [1.82, 2.24) is 14.8 Å². The molecule has 92 valence electrons. The van der Waals surface area contributed by atoms with Gasteiger partial charge in [0.05, 0.1) is 18.1 Å². The molecule has 0 saturated carbocycles. The molecule has 0 atom stereocenters. The van der Waals surface area contributed by atoms with Crippen LogP contribution in [0.25, 0.3) is 0 Å². The lowest BCUT2D eigenvalue weighted by Crippen LogP contribution is -2.00. The van der Waals surface area contributed by atoms with Crippen molar-refractivity contribution in [2.45, 2.75) is 40.3 Å². The van der Waals surface area contributed by atoms with Crippen LogP contribution in [0.5, 0.6) is 5.75 Å². The van der Waals surface area contributed by atoms with Crippen LogP contribution in [-0.4, -0.2) is 14.8 Å². The number of thiazole rings is 1. The zero-order valence-electron chi connectivity index (χ0n) is 10.6. The van der Waals surface area contributed by atoms with Crippen LogP contribution in [0.2, 0.25) is 0 Å². The highest BCUT2D eigenvalue weighted by atomic mass is 32.1. The number of hydrogen-bond donors (Lipinski definition) is 0. The lowest BCUT2D eigenvalue weighted by atomic mass is 10.4. The number of rotatable bonds is 4. The van der Waals surface area contributed by atoms with Gasteiger partial charge < -0.3 is 4.74 Å². The van der Waals surface area contributed by atoms with Gasteiger partial charge in [-0.1, -0.05) is 0 Å². The molecule has 0 spiro atoms. The first-order valence-corrected chi connectivity index (χ1v) is 6.47. The number of nitrogens with zero attached hydrogens (tertiary/aromatic N) is 3. The molecule has 2 aromatic rings. The van der Waals surface area contributed by atoms with Crippen LogP contribution in [-0.2, 0) is 6.61 Å². The highest BCUT2D eigenvalue weighted by molar-refractivity contribution is 7.11. The van der Waals surface area contributed by atoms with E-state index in [1.54, 1.807) is 17.5 Å². The van der Waals surface area contributed by atoms with Gasteiger partial charge in [0, 0.05) is 10.9 Å². The van der Waals surface area contributed by atoms with Gasteiger partial charge in [-0.25, -0.2) is 4.98 Å². The highest BCUT2D eigenvalue weighted by Gasteiger charge is 2.06. The maximum atomic E-state index is 5.66. The van der Waals surface area contributed by atoms with Gasteiger partial charge in [0.2, 0.25) is 0 Å². The first kappa shape index (κ1) is 12.1. The van der Waals surface area contributed by atoms with Gasteiger partial charge in [0.1, 0.15) is 11.6 Å². The Labute approximate surface area is 105 Å². The number of aryl methyl sites for hydroxylation is 2. The summed E-state index contributed by atoms with van der Waals surface area (Å²) < 4.78 is 7.54. The van der Waals surface area contributed by atoms with Crippen molar-refractivity contribution in [1.29, 1.82) is 0 Å². The lowest BCUT2D eigenvalue weighted by Gasteiger charge is -2.03. The molecule has 2 rings (SSSR count). The fraction of sp³-hybridized carbons (Fsp3) is 0.500. The molecule has 0 N–H and O–H groups in total. The zero-order valence-corrected chi connectivity index (χ0v) is 11.4. The van der Waals surface area contributed by atoms with Gasteiger partial charge >= 0.3 is 0 Å². The first-order valence-electron chi connectivity index (χ1n) is 5.66. The van der Waals surface area contributed by atoms with E-state index >= 15 is 0 Å². The van der Waals surface area contributed by atoms with E-state index in [9.17, 15) is 0 Å². The minimum absolute atomic E-state index is 0.358. The smallest absolute Gasteiger partial charge is 0.157 e. The van der Waals surface area contributed by atoms with Crippen molar-refractivity contribution in [2.24, 2.45) is 0 Å². The topological polar surface area (TPSA) is 39.9 Å². The Kier molecular flexibility index (Phi) is 3.47. The largest absolute Gasteiger partial charge is 0.483 e. The van der Waals surface area contributed by atoms with E-state index < -0.39 is 0 Å². The van der Waals surface area contributed by atoms with Gasteiger partial charge in [-0.15, -0.1) is 11.3 Å². The van der Waals surface area contributed by atoms with Gasteiger partial charge in [-0.3, -0.25) is 4.68 Å². The van der Waals surface area contributed by atoms with Crippen LogP contribution in [0.3, 0.4) is 0 Å². The second-order valence-electron chi connectivity index (χ2n) is 4.29. The van der Waals surface area contributed by atoms with E-state index in [2.05, 4.69) is 30.9 Å². The van der Waals surface area contributed by atoms with E-state index in [1.165, 1.54) is 4.88 Å². The fourth-order valence-electron chi connectivity index (χ4n) is 1.42. The molecule has 0 amide bonds. The zero-order chi connectivity index (χ0) is 12.4. The fourth-order valence-corrected chi connectivity index (χ4v) is 2.27. The molecule has 0 aromatic carbocycles. The Morgan fingerprint density at radius 3 is 2.71 bits per heavy atom. The summed E-state index contributed by atoms with van der Waals surface area (Å²) in [5.41, 5.74) is 1.09. The van der Waals surface area contributed by atoms with Gasteiger partial charge in [-0.2, -0.15) is 5.10 Å². The van der Waals surface area contributed by atoms with Crippen LogP contribution in [0.1, 0.15) is 35.5 Å². The molecule has 4 nitrogen and oxygen atoms in total. The number of hydrogen-bond acceptors (Lipinski definition) is 4. The molecule has 0 radical (unpaired) electrons. The van der Waals surface area contributed by atoms with Crippen LogP contribution < -0.4 is 4.74 Å². The quantitative estimate of drug-likeness (QED) is 0.838. The first-order chi connectivity index (χ1) is 8.06. The Hall–Kier alpha value is -1.36. The van der Waals surface area contributed by atoms with E-state index in [-0.39, 0.29) is 0 Å². The molecular formula is C12H17N3OS. The van der Waals surface area contributed by atoms with E-state index in [0.717, 1.165) is 16.5 Å². The molecule has 0 aliphatic carbocycles. The molecular weight excluding hydrogens is 234 g/mol. The van der Waals surface area contributed by atoms with E-state index in [0.29, 0.717) is 12.6 Å². The molecule has 17 heavy (non-hydrogen) atoms. The molecule has 2 heterocycles. The van der Waals surface area contributed by atoms with E-state index in [1.807, 2.05) is 17.8 Å². The summed E-state index contributed by atoms with van der Waals surface area (Å²) in [6, 6.07) is 0.358. The molecule has 0 saturated heterocycles. The van der Waals surface area contributed by atoms with Crippen LogP contribution in [0.15, 0.2) is 12.4 Å². The normalized spacial score (nSPS) is 11.1. The third-order valence-corrected chi connectivity index (χ3v) is 3.59. The molecule has 5 heteroatoms. The number of aromatic nitrogens is 3. The minimum atomic E-state index is 0.358. The predicted octanol–water partition coefficient (Wildman–Crippen LogP) is 3.12. The summed E-state index contributed by atoms with van der Waals surface area (Å²) in [5.74, 6) is 0.796. The van der Waals surface area contributed by atoms with Crippen molar-refractivity contribution < 1.29 is 4.74 Å². The third kappa shape index (κ3) is 2.85. The number of ether oxygens (including phenoxy) is 1. The van der Waals surface area contributed by atoms with Crippen LogP contribution in [0.4, 0.5) is 0 Å². The Bertz CT molecular complexity index is 482. The summed E-state index contributed by atoms with van der Waals surface area (Å²) in [6.45, 7) is 8.79. The van der Waals surface area contributed by atoms with Gasteiger partial charge in [-0.05, 0) is 27.7 Å². The molecule has 0 unspecified atom stereocenters. The van der Waals surface area contributed by atoms with Gasteiger partial charge in [0.15, 0.2) is 5.75 Å². The van der Waals surface area contributed by atoms with Crippen molar-refractivity contribution in [2.75, 3.05) is 0 Å². The van der Waals surface area contributed by atoms with Gasteiger partial charge in [0.25, 0.3) is 0 Å². The predicted molar refractivity (Wildman–Crippen MR) is 68.5 cm³/mol. The monoisotopic (exact) mass is 251 g/mol. The maximum Gasteiger partial charge on any atom is 0.157 e. The molecule has 0 aliphatic rings. The van der Waals surface area contributed by atoms with Crippen molar-refractivity contribution in [3.05, 3.63) is 28.0 Å². The Balaban J connectivity index is 1.97. The third-order valence-electron chi connectivity index (χ3n) is 2.54. The maximum absolute atomic E-state index is 5.66. The van der Waals surface area contributed by atoms with Crippen LogP contribution >= 0.6 is 11.3 Å². The molecule has 0 fully saturated rings. The molecule has 2 aromatic heterocycles. The summed E-state index contributed by atoms with van der Waals surface area (Å²) in [5, 5.41) is 5.24. The second kappa shape index (κ2) is 4.87. The summed E-state index contributed by atoms with van der Waals surface area (Å²) in [4.78, 5) is 5.68. The summed E-state index contributed by atoms with van der Waals surface area (Å²) in [7, 11) is 0. The minimum Gasteiger partial charge on any atom is -0.483 e. The summed E-state index contributed by atoms with van der Waals surface area (Å²) in [6.07, 6.45) is 3.66. The average molecular weight is 251 g/mol. The van der Waals surface area contributed by atoms with Crippen molar-refractivity contribution in [3.8, 4) is 5.75 Å². The highest BCUT2D eigenvalue weighted by Crippen LogP contribution is 2.19. The average Bonchev–Trinajstić information content (AvgIpc) is 2.84. The van der Waals surface area contributed by atoms with E-state index in [4.69, 9.17) is 4.74 Å². The second-order valence-corrected chi connectivity index (χ2v) is 5.58. The van der Waals surface area contributed by atoms with Crippen molar-refractivity contribution >= 4 is 11.3 Å². The Morgan fingerprint density at radius 2 is 2.18 bits per heavy atom. The molecule has 0 bridgehead atoms. The standard InChI is InChI=1S/C12H17N3OS/c1-8(2)15-6-11(5-13-15)16-7-12-14-9(3)10(4)17-12/h5-6,8H,7H2,1-4H3. The SMILES string of the molecule is Cc1nc(COc2cnn(C(C)C)c2)sc1C.